The van der Waals surface area contributed by atoms with Crippen LogP contribution >= 0.6 is 0 Å². The van der Waals surface area contributed by atoms with E-state index < -0.39 is 0 Å². The predicted molar refractivity (Wildman–Crippen MR) is 270 cm³/mol. The van der Waals surface area contributed by atoms with Gasteiger partial charge in [-0.25, -0.2) is 15.0 Å². The Morgan fingerprint density at radius 2 is 0.708 bits per heavy atom. The van der Waals surface area contributed by atoms with Crippen molar-refractivity contribution >= 4 is 65.0 Å². The molecule has 0 saturated carbocycles. The Balaban J connectivity index is 0.921. The van der Waals surface area contributed by atoms with Crippen molar-refractivity contribution in [2.75, 3.05) is 0 Å². The van der Waals surface area contributed by atoms with E-state index in [4.69, 9.17) is 19.4 Å². The molecule has 0 aliphatic carbocycles. The molecule has 0 unspecified atom stereocenters. The number of rotatable bonds is 6. The molecule has 13 rings (SSSR count). The Kier molecular flexibility index (Phi) is 8.50. The lowest BCUT2D eigenvalue weighted by Crippen LogP contribution is -2.00. The fourth-order valence-electron chi connectivity index (χ4n) is 9.54. The van der Waals surface area contributed by atoms with Gasteiger partial charge >= 0.3 is 0 Å². The minimum Gasteiger partial charge on any atom is -0.456 e. The zero-order chi connectivity index (χ0) is 42.8. The van der Waals surface area contributed by atoms with Crippen molar-refractivity contribution < 1.29 is 4.42 Å². The second kappa shape index (κ2) is 15.0. The fraction of sp³-hybridized carbons (Fsp3) is 0. The van der Waals surface area contributed by atoms with E-state index in [1.807, 2.05) is 6.07 Å². The second-order valence-corrected chi connectivity index (χ2v) is 16.8. The number of fused-ring (bicyclic) bond motifs is 7. The molecule has 0 radical (unpaired) electrons. The van der Waals surface area contributed by atoms with E-state index in [9.17, 15) is 0 Å². The number of para-hydroxylation sites is 1. The summed E-state index contributed by atoms with van der Waals surface area (Å²) in [6.45, 7) is 0. The maximum atomic E-state index is 6.54. The molecule has 0 aliphatic heterocycles. The van der Waals surface area contributed by atoms with Gasteiger partial charge in [-0.05, 0) is 119 Å². The van der Waals surface area contributed by atoms with Crippen LogP contribution in [0, 0.1) is 0 Å². The molecule has 0 bridgehead atoms. The number of benzene rings is 11. The molecule has 11 aromatic carbocycles. The number of hydrogen-bond acceptors (Lipinski definition) is 4. The van der Waals surface area contributed by atoms with Crippen LogP contribution in [0.1, 0.15) is 0 Å². The van der Waals surface area contributed by atoms with E-state index in [0.717, 1.165) is 82.6 Å². The Morgan fingerprint density at radius 3 is 1.40 bits per heavy atom. The smallest absolute Gasteiger partial charge is 0.164 e. The molecular weight excluding hydrogens is 791 g/mol. The van der Waals surface area contributed by atoms with Gasteiger partial charge in [0.15, 0.2) is 17.5 Å². The lowest BCUT2D eigenvalue weighted by Gasteiger charge is -2.12. The van der Waals surface area contributed by atoms with Gasteiger partial charge in [-0.1, -0.05) is 182 Å². The van der Waals surface area contributed by atoms with Crippen molar-refractivity contribution in [2.24, 2.45) is 0 Å². The highest BCUT2D eigenvalue weighted by Gasteiger charge is 2.18. The van der Waals surface area contributed by atoms with Gasteiger partial charge in [-0.3, -0.25) is 0 Å². The largest absolute Gasteiger partial charge is 0.456 e. The van der Waals surface area contributed by atoms with Crippen molar-refractivity contribution in [1.82, 2.24) is 15.0 Å². The Bertz CT molecular complexity index is 4010. The zero-order valence-electron chi connectivity index (χ0n) is 35.1. The third kappa shape index (κ3) is 6.51. The molecule has 0 spiro atoms. The first-order chi connectivity index (χ1) is 32.1. The molecular formula is C61H37N3O. The minimum absolute atomic E-state index is 0.622. The van der Waals surface area contributed by atoms with Gasteiger partial charge in [0.2, 0.25) is 0 Å². The van der Waals surface area contributed by atoms with E-state index in [1.165, 1.54) is 32.5 Å². The number of hydrogen-bond donors (Lipinski definition) is 0. The van der Waals surface area contributed by atoms with Gasteiger partial charge in [0, 0.05) is 27.5 Å². The van der Waals surface area contributed by atoms with Crippen molar-refractivity contribution in [2.45, 2.75) is 0 Å². The quantitative estimate of drug-likeness (QED) is 0.168. The molecule has 0 amide bonds. The van der Waals surface area contributed by atoms with E-state index in [-0.39, 0.29) is 0 Å². The van der Waals surface area contributed by atoms with Gasteiger partial charge in [-0.2, -0.15) is 0 Å². The topological polar surface area (TPSA) is 51.8 Å². The molecule has 0 N–H and O–H groups in total. The van der Waals surface area contributed by atoms with E-state index >= 15 is 0 Å². The standard InChI is InChI=1S/C61H37N3O/c1-3-13-43-32-47(26-20-38(43)10-1)51-36-55(58-54-17-7-8-19-56(54)65-57(58)37-51)48-29-27-46-35-50(31-28-45(46)33-48)61-63-59(62-60(64-61)49-30-21-39-11-2-4-14-44(39)34-49)42-24-22-41(23-25-42)53-18-9-15-40-12-5-6-16-52(40)53/h1-37H. The molecule has 2 heterocycles. The maximum absolute atomic E-state index is 6.54. The summed E-state index contributed by atoms with van der Waals surface area (Å²) in [5.41, 5.74) is 11.4. The van der Waals surface area contributed by atoms with Crippen LogP contribution in [0.25, 0.3) is 133 Å². The third-order valence-electron chi connectivity index (χ3n) is 12.9. The first-order valence-electron chi connectivity index (χ1n) is 22.0. The molecule has 13 aromatic rings. The summed E-state index contributed by atoms with van der Waals surface area (Å²) >= 11 is 0. The molecule has 302 valence electrons. The summed E-state index contributed by atoms with van der Waals surface area (Å²) in [5, 5.41) is 11.6. The van der Waals surface area contributed by atoms with Crippen LogP contribution in [0.4, 0.5) is 0 Å². The van der Waals surface area contributed by atoms with E-state index in [1.54, 1.807) is 0 Å². The van der Waals surface area contributed by atoms with Crippen LogP contribution in [0.2, 0.25) is 0 Å². The van der Waals surface area contributed by atoms with Crippen molar-refractivity contribution in [1.29, 1.82) is 0 Å². The third-order valence-corrected chi connectivity index (χ3v) is 12.9. The zero-order valence-corrected chi connectivity index (χ0v) is 35.1. The maximum Gasteiger partial charge on any atom is 0.164 e. The van der Waals surface area contributed by atoms with Gasteiger partial charge in [0.05, 0.1) is 0 Å². The van der Waals surface area contributed by atoms with Crippen LogP contribution in [0.3, 0.4) is 0 Å². The summed E-state index contributed by atoms with van der Waals surface area (Å²) in [4.78, 5) is 15.4. The first kappa shape index (κ1) is 36.9. The highest BCUT2D eigenvalue weighted by Crippen LogP contribution is 2.42. The van der Waals surface area contributed by atoms with Crippen LogP contribution in [0.5, 0.6) is 0 Å². The molecule has 4 nitrogen and oxygen atoms in total. The van der Waals surface area contributed by atoms with Crippen LogP contribution in [0.15, 0.2) is 229 Å². The number of aromatic nitrogens is 3. The molecule has 65 heavy (non-hydrogen) atoms. The predicted octanol–water partition coefficient (Wildman–Crippen LogP) is 16.4. The Hall–Kier alpha value is -8.73. The monoisotopic (exact) mass is 827 g/mol. The normalized spacial score (nSPS) is 11.7. The van der Waals surface area contributed by atoms with E-state index in [0.29, 0.717) is 17.5 Å². The molecule has 0 aliphatic rings. The highest BCUT2D eigenvalue weighted by atomic mass is 16.3. The summed E-state index contributed by atoms with van der Waals surface area (Å²) in [6, 6.07) is 79.6. The van der Waals surface area contributed by atoms with Gasteiger partial charge in [-0.15, -0.1) is 0 Å². The number of furan rings is 1. The Labute approximate surface area is 374 Å². The van der Waals surface area contributed by atoms with Gasteiger partial charge < -0.3 is 4.42 Å². The van der Waals surface area contributed by atoms with E-state index in [2.05, 4.69) is 218 Å². The van der Waals surface area contributed by atoms with Crippen molar-refractivity contribution in [3.63, 3.8) is 0 Å². The minimum atomic E-state index is 0.622. The molecule has 2 aromatic heterocycles. The average Bonchev–Trinajstić information content (AvgIpc) is 3.76. The lowest BCUT2D eigenvalue weighted by atomic mass is 9.92. The lowest BCUT2D eigenvalue weighted by molar-refractivity contribution is 0.669. The molecule has 0 saturated heterocycles. The van der Waals surface area contributed by atoms with Crippen molar-refractivity contribution in [3.8, 4) is 67.5 Å². The highest BCUT2D eigenvalue weighted by molar-refractivity contribution is 6.14. The molecule has 0 fully saturated rings. The van der Waals surface area contributed by atoms with Crippen LogP contribution in [-0.4, -0.2) is 15.0 Å². The summed E-state index contributed by atoms with van der Waals surface area (Å²) < 4.78 is 6.54. The molecule has 4 heteroatoms. The first-order valence-corrected chi connectivity index (χ1v) is 22.0. The summed E-state index contributed by atoms with van der Waals surface area (Å²) in [6.07, 6.45) is 0. The van der Waals surface area contributed by atoms with Crippen LogP contribution in [-0.2, 0) is 0 Å². The fourth-order valence-corrected chi connectivity index (χ4v) is 9.54. The second-order valence-electron chi connectivity index (χ2n) is 16.8. The Morgan fingerprint density at radius 1 is 0.246 bits per heavy atom. The van der Waals surface area contributed by atoms with Crippen molar-refractivity contribution in [3.05, 3.63) is 224 Å². The SMILES string of the molecule is c1ccc2cc(-c3cc(-c4ccc5cc(-c6nc(-c7ccc(-c8cccc9ccccc89)cc7)nc(-c7ccc8ccccc8c7)n6)ccc5c4)c4c(c3)oc3ccccc34)ccc2c1. The summed E-state index contributed by atoms with van der Waals surface area (Å²) in [5.74, 6) is 1.88. The number of nitrogens with zero attached hydrogens (tertiary/aromatic N) is 3. The van der Waals surface area contributed by atoms with Gasteiger partial charge in [0.25, 0.3) is 0 Å². The van der Waals surface area contributed by atoms with Gasteiger partial charge in [0.1, 0.15) is 11.2 Å². The summed E-state index contributed by atoms with van der Waals surface area (Å²) in [7, 11) is 0. The average molecular weight is 828 g/mol. The van der Waals surface area contributed by atoms with Crippen LogP contribution < -0.4 is 0 Å². The molecule has 0 atom stereocenters.